The summed E-state index contributed by atoms with van der Waals surface area (Å²) in [5, 5.41) is 21.8. The molecule has 2 aliphatic rings. The van der Waals surface area contributed by atoms with Gasteiger partial charge in [0, 0.05) is 12.8 Å². The molecular formula is C40H26N2O4. The van der Waals surface area contributed by atoms with Crippen LogP contribution in [0, 0.1) is 0 Å². The van der Waals surface area contributed by atoms with Gasteiger partial charge < -0.3 is 9.47 Å². The van der Waals surface area contributed by atoms with Crippen LogP contribution in [-0.4, -0.2) is 36.2 Å². The minimum atomic E-state index is -0.548. The average molecular weight is 599 g/mol. The van der Waals surface area contributed by atoms with Crippen molar-refractivity contribution < 1.29 is 19.1 Å². The second-order valence-electron chi connectivity index (χ2n) is 12.7. The molecule has 8 aromatic carbocycles. The van der Waals surface area contributed by atoms with E-state index in [0.29, 0.717) is 24.0 Å². The number of hydrogen-bond acceptors (Lipinski definition) is 6. The second-order valence-corrected chi connectivity index (χ2v) is 12.7. The van der Waals surface area contributed by atoms with Crippen LogP contribution in [0.2, 0.25) is 0 Å². The highest BCUT2D eigenvalue weighted by Gasteiger charge is 2.45. The largest absolute Gasteiger partial charge is 0.456 e. The highest BCUT2D eigenvalue weighted by Crippen LogP contribution is 2.40. The Morgan fingerprint density at radius 2 is 0.826 bits per heavy atom. The van der Waals surface area contributed by atoms with Crippen LogP contribution in [-0.2, 0) is 9.47 Å². The van der Waals surface area contributed by atoms with Crippen LogP contribution < -0.4 is 0 Å². The summed E-state index contributed by atoms with van der Waals surface area (Å²) >= 11 is 0. The number of benzene rings is 8. The maximum absolute atomic E-state index is 13.8. The summed E-state index contributed by atoms with van der Waals surface area (Å²) in [6, 6.07) is 36.2. The van der Waals surface area contributed by atoms with Crippen LogP contribution >= 0.6 is 0 Å². The normalized spacial score (nSPS) is 21.0. The molecular weight excluding hydrogens is 572 g/mol. The smallest absolute Gasteiger partial charge is 0.339 e. The van der Waals surface area contributed by atoms with Crippen molar-refractivity contribution in [3.8, 4) is 0 Å². The summed E-state index contributed by atoms with van der Waals surface area (Å²) in [5.41, 5.74) is 1.04. The van der Waals surface area contributed by atoms with Gasteiger partial charge in [0.25, 0.3) is 0 Å². The van der Waals surface area contributed by atoms with Crippen molar-refractivity contribution in [2.45, 2.75) is 37.1 Å². The van der Waals surface area contributed by atoms with Crippen molar-refractivity contribution >= 4 is 76.6 Å². The average Bonchev–Trinajstić information content (AvgIpc) is 3.53. The van der Waals surface area contributed by atoms with Gasteiger partial charge in [-0.2, -0.15) is 10.2 Å². The van der Waals surface area contributed by atoms with Gasteiger partial charge in [0.05, 0.1) is 11.1 Å². The fourth-order valence-corrected chi connectivity index (χ4v) is 7.99. The molecule has 6 heteroatoms. The molecule has 0 amide bonds. The fourth-order valence-electron chi connectivity index (χ4n) is 7.99. The van der Waals surface area contributed by atoms with E-state index in [2.05, 4.69) is 83.0 Å². The molecule has 220 valence electrons. The third kappa shape index (κ3) is 3.64. The van der Waals surface area contributed by atoms with Crippen LogP contribution in [0.3, 0.4) is 0 Å². The first-order valence-electron chi connectivity index (χ1n) is 15.8. The van der Waals surface area contributed by atoms with E-state index in [-0.39, 0.29) is 12.1 Å². The Hall–Kier alpha value is -5.62. The van der Waals surface area contributed by atoms with Crippen LogP contribution in [0.15, 0.2) is 119 Å². The number of carbonyl (C=O) groups excluding carboxylic acids is 2. The molecule has 2 bridgehead atoms. The van der Waals surface area contributed by atoms with E-state index < -0.39 is 24.1 Å². The lowest BCUT2D eigenvalue weighted by molar-refractivity contribution is -0.0227. The zero-order valence-corrected chi connectivity index (χ0v) is 24.6. The van der Waals surface area contributed by atoms with Crippen molar-refractivity contribution in [2.75, 3.05) is 0 Å². The van der Waals surface area contributed by atoms with Crippen molar-refractivity contribution in [1.29, 1.82) is 0 Å². The van der Waals surface area contributed by atoms with E-state index in [1.54, 1.807) is 0 Å². The lowest BCUT2D eigenvalue weighted by Crippen LogP contribution is -2.44. The molecule has 0 radical (unpaired) electrons. The van der Waals surface area contributed by atoms with E-state index in [4.69, 9.17) is 9.47 Å². The molecule has 0 aromatic heterocycles. The van der Waals surface area contributed by atoms with Gasteiger partial charge in [-0.05, 0) is 76.8 Å². The highest BCUT2D eigenvalue weighted by molar-refractivity contribution is 6.27. The monoisotopic (exact) mass is 598 g/mol. The fraction of sp³-hybridized carbons (Fsp3) is 0.150. The first-order valence-corrected chi connectivity index (χ1v) is 15.8. The molecule has 1 fully saturated rings. The third-order valence-electron chi connectivity index (χ3n) is 10.2. The Labute approximate surface area is 262 Å². The Morgan fingerprint density at radius 1 is 0.457 bits per heavy atom. The summed E-state index contributed by atoms with van der Waals surface area (Å²) < 4.78 is 12.4. The molecule has 1 aliphatic heterocycles. The number of rotatable bonds is 4. The highest BCUT2D eigenvalue weighted by atomic mass is 16.6. The van der Waals surface area contributed by atoms with Crippen LogP contribution in [0.25, 0.3) is 64.6 Å². The maximum atomic E-state index is 13.8. The Bertz CT molecular complexity index is 2360. The lowest BCUT2D eigenvalue weighted by atomic mass is 9.88. The van der Waals surface area contributed by atoms with Crippen molar-refractivity contribution in [3.05, 3.63) is 120 Å². The van der Waals surface area contributed by atoms with Gasteiger partial charge in [0.2, 0.25) is 0 Å². The van der Waals surface area contributed by atoms with Gasteiger partial charge in [-0.3, -0.25) is 0 Å². The Kier molecular flexibility index (Phi) is 5.27. The Morgan fingerprint density at radius 3 is 1.26 bits per heavy atom. The molecule has 0 unspecified atom stereocenters. The number of carbonyl (C=O) groups is 2. The predicted molar refractivity (Wildman–Crippen MR) is 180 cm³/mol. The number of azo groups is 1. The predicted octanol–water partition coefficient (Wildman–Crippen LogP) is 9.23. The molecule has 0 saturated heterocycles. The number of fused-ring (bicyclic) bond motifs is 2. The zero-order chi connectivity index (χ0) is 30.5. The molecule has 4 atom stereocenters. The summed E-state index contributed by atoms with van der Waals surface area (Å²) in [5.74, 6) is -0.805. The summed E-state index contributed by atoms with van der Waals surface area (Å²) in [6.07, 6.45) is -0.176. The summed E-state index contributed by atoms with van der Waals surface area (Å²) in [4.78, 5) is 27.6. The number of nitrogens with zero attached hydrogens (tertiary/aromatic N) is 2. The zero-order valence-electron chi connectivity index (χ0n) is 24.6. The molecule has 1 saturated carbocycles. The molecule has 10 rings (SSSR count). The van der Waals surface area contributed by atoms with E-state index in [1.165, 1.54) is 0 Å². The minimum Gasteiger partial charge on any atom is -0.456 e. The molecule has 46 heavy (non-hydrogen) atoms. The van der Waals surface area contributed by atoms with Crippen molar-refractivity contribution in [2.24, 2.45) is 10.2 Å². The first-order chi connectivity index (χ1) is 22.6. The first kappa shape index (κ1) is 25.7. The van der Waals surface area contributed by atoms with Crippen LogP contribution in [0.1, 0.15) is 33.6 Å². The third-order valence-corrected chi connectivity index (χ3v) is 10.2. The maximum Gasteiger partial charge on any atom is 0.339 e. The van der Waals surface area contributed by atoms with E-state index in [0.717, 1.165) is 64.6 Å². The molecule has 6 nitrogen and oxygen atoms in total. The molecule has 8 aromatic rings. The molecule has 1 heterocycles. The van der Waals surface area contributed by atoms with Gasteiger partial charge in [-0.25, -0.2) is 9.59 Å². The number of hydrogen-bond donors (Lipinski definition) is 0. The standard InChI is InChI=1S/C40H26N2O4/c43-39(29-17-13-25-9-7-21-3-1-5-23-11-15-27(29)37(25)35(21)23)45-33-20-34(32-19-31(33)41-42-32)46-40(44)30-18-14-26-10-8-22-4-2-6-24-12-16-28(30)38(26)36(22)24/h1-18,31-34H,19-20H2/t31-,32+,33-,34+. The van der Waals surface area contributed by atoms with Gasteiger partial charge in [-0.1, -0.05) is 97.1 Å². The van der Waals surface area contributed by atoms with E-state index >= 15 is 0 Å². The van der Waals surface area contributed by atoms with Gasteiger partial charge in [-0.15, -0.1) is 0 Å². The van der Waals surface area contributed by atoms with Gasteiger partial charge in [0.1, 0.15) is 24.3 Å². The lowest BCUT2D eigenvalue weighted by Gasteiger charge is -2.32. The van der Waals surface area contributed by atoms with Crippen molar-refractivity contribution in [1.82, 2.24) is 0 Å². The van der Waals surface area contributed by atoms with Gasteiger partial charge >= 0.3 is 11.9 Å². The van der Waals surface area contributed by atoms with Crippen LogP contribution in [0.5, 0.6) is 0 Å². The number of ether oxygens (including phenoxy) is 2. The quantitative estimate of drug-likeness (QED) is 0.149. The number of esters is 2. The SMILES string of the molecule is O=C(O[C@H]1C[C@@H](OC(=O)c2ccc3ccc4cccc5ccc2c3c45)[C@H]2C[C@@H]1N=N2)c1ccc2ccc3cccc4ccc1c2c34. The Balaban J connectivity index is 0.954. The summed E-state index contributed by atoms with van der Waals surface area (Å²) in [6.45, 7) is 0. The second kappa shape index (κ2) is 9.44. The van der Waals surface area contributed by atoms with E-state index in [9.17, 15) is 9.59 Å². The van der Waals surface area contributed by atoms with E-state index in [1.807, 2.05) is 36.4 Å². The molecule has 1 aliphatic carbocycles. The molecule has 0 N–H and O–H groups in total. The van der Waals surface area contributed by atoms with Crippen molar-refractivity contribution in [3.63, 3.8) is 0 Å². The van der Waals surface area contributed by atoms with Gasteiger partial charge in [0.15, 0.2) is 0 Å². The molecule has 0 spiro atoms. The van der Waals surface area contributed by atoms with Crippen LogP contribution in [0.4, 0.5) is 0 Å². The topological polar surface area (TPSA) is 77.3 Å². The minimum absolute atomic E-state index is 0.252. The summed E-state index contributed by atoms with van der Waals surface area (Å²) in [7, 11) is 0.